The van der Waals surface area contributed by atoms with Crippen molar-refractivity contribution < 1.29 is 9.90 Å². The van der Waals surface area contributed by atoms with E-state index in [-0.39, 0.29) is 11.8 Å². The molecule has 1 aliphatic heterocycles. The van der Waals surface area contributed by atoms with E-state index in [2.05, 4.69) is 28.4 Å². The molecule has 2 rings (SSSR count). The predicted molar refractivity (Wildman–Crippen MR) is 79.4 cm³/mol. The summed E-state index contributed by atoms with van der Waals surface area (Å²) in [6, 6.07) is 6.24. The maximum absolute atomic E-state index is 12.2. The van der Waals surface area contributed by atoms with E-state index >= 15 is 0 Å². The van der Waals surface area contributed by atoms with Gasteiger partial charge in [-0.3, -0.25) is 4.79 Å². The van der Waals surface area contributed by atoms with Crippen LogP contribution < -0.4 is 5.32 Å². The normalized spacial score (nSPS) is 23.6. The second kappa shape index (κ2) is 6.37. The molecule has 4 nitrogen and oxygen atoms in total. The van der Waals surface area contributed by atoms with Crippen LogP contribution in [0.5, 0.6) is 0 Å². The highest BCUT2D eigenvalue weighted by Gasteiger charge is 2.31. The fourth-order valence-electron chi connectivity index (χ4n) is 2.66. The van der Waals surface area contributed by atoms with Crippen LogP contribution in [0.3, 0.4) is 0 Å². The minimum absolute atomic E-state index is 0.0510. The third-order valence-corrected chi connectivity index (χ3v) is 4.07. The van der Waals surface area contributed by atoms with Crippen molar-refractivity contribution in [2.45, 2.75) is 32.9 Å². The summed E-state index contributed by atoms with van der Waals surface area (Å²) in [5, 5.41) is 12.9. The van der Waals surface area contributed by atoms with E-state index in [1.54, 1.807) is 0 Å². The lowest BCUT2D eigenvalue weighted by atomic mass is 9.94. The minimum Gasteiger partial charge on any atom is -0.392 e. The molecule has 1 aliphatic rings. The summed E-state index contributed by atoms with van der Waals surface area (Å²) in [5.74, 6) is -0.371. The van der Waals surface area contributed by atoms with E-state index in [9.17, 15) is 9.90 Å². The second-order valence-corrected chi connectivity index (χ2v) is 5.87. The fraction of sp³-hybridized carbons (Fsp3) is 0.562. The molecule has 20 heavy (non-hydrogen) atoms. The Morgan fingerprint density at radius 2 is 2.20 bits per heavy atom. The van der Waals surface area contributed by atoms with Gasteiger partial charge in [0.1, 0.15) is 0 Å². The molecule has 0 aliphatic carbocycles. The molecule has 0 saturated carbocycles. The maximum Gasteiger partial charge on any atom is 0.227 e. The second-order valence-electron chi connectivity index (χ2n) is 5.87. The van der Waals surface area contributed by atoms with Crippen LogP contribution in [0.15, 0.2) is 18.2 Å². The molecular weight excluding hydrogens is 252 g/mol. The van der Waals surface area contributed by atoms with Crippen LogP contribution in [-0.2, 0) is 11.3 Å². The van der Waals surface area contributed by atoms with Crippen molar-refractivity contribution in [3.05, 3.63) is 34.9 Å². The van der Waals surface area contributed by atoms with E-state index in [1.807, 2.05) is 20.9 Å². The molecule has 110 valence electrons. The molecule has 0 radical (unpaired) electrons. The van der Waals surface area contributed by atoms with Gasteiger partial charge in [0, 0.05) is 19.6 Å². The van der Waals surface area contributed by atoms with Crippen molar-refractivity contribution in [1.29, 1.82) is 0 Å². The van der Waals surface area contributed by atoms with E-state index in [0.29, 0.717) is 19.5 Å². The van der Waals surface area contributed by atoms with Crippen LogP contribution in [0.1, 0.15) is 23.1 Å². The predicted octanol–water partition coefficient (Wildman–Crippen LogP) is 1.23. The van der Waals surface area contributed by atoms with Crippen LogP contribution in [0.4, 0.5) is 0 Å². The van der Waals surface area contributed by atoms with Gasteiger partial charge in [-0.2, -0.15) is 0 Å². The van der Waals surface area contributed by atoms with E-state index in [4.69, 9.17) is 0 Å². The van der Waals surface area contributed by atoms with Crippen LogP contribution in [0.25, 0.3) is 0 Å². The number of likely N-dealkylation sites (tertiary alicyclic amines) is 1. The number of rotatable bonds is 3. The van der Waals surface area contributed by atoms with Gasteiger partial charge in [0.05, 0.1) is 12.0 Å². The third-order valence-electron chi connectivity index (χ3n) is 4.07. The summed E-state index contributed by atoms with van der Waals surface area (Å²) >= 11 is 0. The lowest BCUT2D eigenvalue weighted by Gasteiger charge is -2.32. The molecular formula is C16H24N2O2. The zero-order chi connectivity index (χ0) is 14.7. The van der Waals surface area contributed by atoms with Crippen LogP contribution in [-0.4, -0.2) is 42.2 Å². The van der Waals surface area contributed by atoms with Crippen molar-refractivity contribution in [3.63, 3.8) is 0 Å². The van der Waals surface area contributed by atoms with Crippen molar-refractivity contribution in [1.82, 2.24) is 10.2 Å². The summed E-state index contributed by atoms with van der Waals surface area (Å²) in [4.78, 5) is 14.3. The molecule has 1 amide bonds. The number of aryl methyl sites for hydroxylation is 2. The summed E-state index contributed by atoms with van der Waals surface area (Å²) < 4.78 is 0. The Morgan fingerprint density at radius 1 is 1.45 bits per heavy atom. The number of aliphatic hydroxyl groups is 1. The Morgan fingerprint density at radius 3 is 2.95 bits per heavy atom. The number of amides is 1. The SMILES string of the molecule is Cc1ccc(C)c(CNC(=O)[C@@H]2CN(C)CC[C@H]2O)c1. The van der Waals surface area contributed by atoms with Gasteiger partial charge in [0.25, 0.3) is 0 Å². The van der Waals surface area contributed by atoms with E-state index in [0.717, 1.165) is 12.1 Å². The number of hydrogen-bond donors (Lipinski definition) is 2. The first-order chi connectivity index (χ1) is 9.47. The van der Waals surface area contributed by atoms with Gasteiger partial charge in [-0.25, -0.2) is 0 Å². The standard InChI is InChI=1S/C16H24N2O2/c1-11-4-5-12(2)13(8-11)9-17-16(20)14-10-18(3)7-6-15(14)19/h4-5,8,14-15,19H,6-7,9-10H2,1-3H3,(H,17,20)/t14-,15-/m1/s1. The topological polar surface area (TPSA) is 52.6 Å². The Kier molecular flexibility index (Phi) is 4.78. The molecule has 0 unspecified atom stereocenters. The molecule has 1 aromatic rings. The first kappa shape index (κ1) is 15.0. The highest BCUT2D eigenvalue weighted by molar-refractivity contribution is 5.79. The van der Waals surface area contributed by atoms with Gasteiger partial charge in [0.15, 0.2) is 0 Å². The molecule has 1 saturated heterocycles. The first-order valence-electron chi connectivity index (χ1n) is 7.18. The van der Waals surface area contributed by atoms with Gasteiger partial charge in [-0.05, 0) is 38.4 Å². The fourth-order valence-corrected chi connectivity index (χ4v) is 2.66. The number of aliphatic hydroxyl groups excluding tert-OH is 1. The first-order valence-corrected chi connectivity index (χ1v) is 7.18. The Bertz CT molecular complexity index is 487. The number of piperidine rings is 1. The number of hydrogen-bond acceptors (Lipinski definition) is 3. The smallest absolute Gasteiger partial charge is 0.227 e. The van der Waals surface area contributed by atoms with Gasteiger partial charge >= 0.3 is 0 Å². The van der Waals surface area contributed by atoms with Crippen LogP contribution in [0, 0.1) is 19.8 Å². The van der Waals surface area contributed by atoms with Gasteiger partial charge in [0.2, 0.25) is 5.91 Å². The average Bonchev–Trinajstić information content (AvgIpc) is 2.42. The summed E-state index contributed by atoms with van der Waals surface area (Å²) in [7, 11) is 1.98. The molecule has 1 heterocycles. The van der Waals surface area contributed by atoms with Crippen LogP contribution >= 0.6 is 0 Å². The lowest BCUT2D eigenvalue weighted by molar-refractivity contribution is -0.131. The van der Waals surface area contributed by atoms with Crippen molar-refractivity contribution in [3.8, 4) is 0 Å². The Balaban J connectivity index is 1.96. The number of carbonyl (C=O) groups excluding carboxylic acids is 1. The molecule has 0 spiro atoms. The molecule has 1 aromatic carbocycles. The van der Waals surface area contributed by atoms with Gasteiger partial charge < -0.3 is 15.3 Å². The zero-order valence-electron chi connectivity index (χ0n) is 12.5. The molecule has 4 heteroatoms. The van der Waals surface area contributed by atoms with Gasteiger partial charge in [-0.15, -0.1) is 0 Å². The van der Waals surface area contributed by atoms with Gasteiger partial charge in [-0.1, -0.05) is 23.8 Å². The number of nitrogens with one attached hydrogen (secondary N) is 1. The summed E-state index contributed by atoms with van der Waals surface area (Å²) in [6.45, 7) is 6.09. The molecule has 0 aromatic heterocycles. The highest BCUT2D eigenvalue weighted by atomic mass is 16.3. The van der Waals surface area contributed by atoms with Crippen LogP contribution in [0.2, 0.25) is 0 Å². The molecule has 1 fully saturated rings. The van der Waals surface area contributed by atoms with E-state index < -0.39 is 6.10 Å². The van der Waals surface area contributed by atoms with Crippen molar-refractivity contribution >= 4 is 5.91 Å². The number of carbonyl (C=O) groups is 1. The third kappa shape index (κ3) is 3.58. The Hall–Kier alpha value is -1.39. The molecule has 2 N–H and O–H groups in total. The summed E-state index contributed by atoms with van der Waals surface area (Å²) in [5.41, 5.74) is 3.51. The number of nitrogens with zero attached hydrogens (tertiary/aromatic N) is 1. The quantitative estimate of drug-likeness (QED) is 0.873. The lowest BCUT2D eigenvalue weighted by Crippen LogP contribution is -2.48. The Labute approximate surface area is 120 Å². The molecule has 0 bridgehead atoms. The average molecular weight is 276 g/mol. The van der Waals surface area contributed by atoms with E-state index in [1.165, 1.54) is 11.1 Å². The largest absolute Gasteiger partial charge is 0.392 e. The van der Waals surface area contributed by atoms with Crippen molar-refractivity contribution in [2.75, 3.05) is 20.1 Å². The van der Waals surface area contributed by atoms with Crippen molar-refractivity contribution in [2.24, 2.45) is 5.92 Å². The zero-order valence-corrected chi connectivity index (χ0v) is 12.5. The molecule has 2 atom stereocenters. The number of benzene rings is 1. The monoisotopic (exact) mass is 276 g/mol. The summed E-state index contributed by atoms with van der Waals surface area (Å²) in [6.07, 6.45) is 0.141. The highest BCUT2D eigenvalue weighted by Crippen LogP contribution is 2.17. The minimum atomic E-state index is -0.523. The maximum atomic E-state index is 12.2.